The summed E-state index contributed by atoms with van der Waals surface area (Å²) in [6.07, 6.45) is 0. The third kappa shape index (κ3) is 2.54. The molecule has 0 atom stereocenters. The lowest BCUT2D eigenvalue weighted by molar-refractivity contribution is 0.247. The molecule has 0 amide bonds. The predicted molar refractivity (Wildman–Crippen MR) is 77.5 cm³/mol. The zero-order chi connectivity index (χ0) is 15.0. The van der Waals surface area contributed by atoms with Gasteiger partial charge in [-0.1, -0.05) is 5.16 Å². The Morgan fingerprint density at radius 3 is 2.71 bits per heavy atom. The molecule has 108 valence electrons. The fourth-order valence-electron chi connectivity index (χ4n) is 2.29. The van der Waals surface area contributed by atoms with E-state index in [2.05, 4.69) is 5.16 Å². The Labute approximate surface area is 121 Å². The summed E-state index contributed by atoms with van der Waals surface area (Å²) < 4.78 is 16.1. The Hall–Kier alpha value is -2.56. The highest BCUT2D eigenvalue weighted by Gasteiger charge is 2.11. The number of hydrogen-bond acceptors (Lipinski definition) is 5. The smallest absolute Gasteiger partial charge is 0.336 e. The maximum atomic E-state index is 11.5. The summed E-state index contributed by atoms with van der Waals surface area (Å²) in [6, 6.07) is 7.07. The molecule has 0 aliphatic rings. The van der Waals surface area contributed by atoms with Crippen molar-refractivity contribution >= 4 is 11.0 Å². The van der Waals surface area contributed by atoms with Crippen molar-refractivity contribution in [2.75, 3.05) is 0 Å². The number of aromatic nitrogens is 1. The van der Waals surface area contributed by atoms with Crippen molar-refractivity contribution in [1.82, 2.24) is 5.16 Å². The fourth-order valence-corrected chi connectivity index (χ4v) is 2.29. The molecule has 5 heteroatoms. The van der Waals surface area contributed by atoms with Gasteiger partial charge in [0.25, 0.3) is 0 Å². The largest absolute Gasteiger partial charge is 0.485 e. The Morgan fingerprint density at radius 1 is 1.19 bits per heavy atom. The average Bonchev–Trinajstić information content (AvgIpc) is 2.84. The minimum atomic E-state index is -0.355. The van der Waals surface area contributed by atoms with E-state index < -0.39 is 0 Å². The molecule has 0 bridgehead atoms. The van der Waals surface area contributed by atoms with Crippen molar-refractivity contribution in [3.63, 3.8) is 0 Å². The van der Waals surface area contributed by atoms with E-state index in [4.69, 9.17) is 13.7 Å². The first-order valence-electron chi connectivity index (χ1n) is 6.63. The van der Waals surface area contributed by atoms with Gasteiger partial charge in [-0.05, 0) is 38.5 Å². The second-order valence-electron chi connectivity index (χ2n) is 5.04. The van der Waals surface area contributed by atoms with Crippen LogP contribution in [0.2, 0.25) is 0 Å². The zero-order valence-corrected chi connectivity index (χ0v) is 12.1. The van der Waals surface area contributed by atoms with E-state index in [1.165, 1.54) is 6.07 Å². The molecule has 1 aromatic carbocycles. The molecular formula is C16H15NO4. The minimum absolute atomic E-state index is 0.281. The summed E-state index contributed by atoms with van der Waals surface area (Å²) in [6.45, 7) is 5.89. The quantitative estimate of drug-likeness (QED) is 0.691. The molecule has 0 radical (unpaired) electrons. The van der Waals surface area contributed by atoms with Gasteiger partial charge in [-0.15, -0.1) is 0 Å². The number of benzene rings is 1. The van der Waals surface area contributed by atoms with Crippen LogP contribution in [0.1, 0.15) is 22.6 Å². The van der Waals surface area contributed by atoms with Gasteiger partial charge in [0.1, 0.15) is 17.9 Å². The van der Waals surface area contributed by atoms with E-state index in [0.29, 0.717) is 17.1 Å². The van der Waals surface area contributed by atoms with E-state index in [1.54, 1.807) is 0 Å². The SMILES string of the molecule is Cc1cc(COc2ccc3c(C)cc(=O)oc3c2C)on1. The third-order valence-electron chi connectivity index (χ3n) is 3.36. The van der Waals surface area contributed by atoms with Crippen molar-refractivity contribution in [2.24, 2.45) is 0 Å². The molecule has 0 N–H and O–H groups in total. The molecule has 21 heavy (non-hydrogen) atoms. The molecule has 0 saturated heterocycles. The first-order chi connectivity index (χ1) is 10.0. The normalized spacial score (nSPS) is 11.0. The maximum absolute atomic E-state index is 11.5. The van der Waals surface area contributed by atoms with Gasteiger partial charge in [-0.2, -0.15) is 0 Å². The predicted octanol–water partition coefficient (Wildman–Crippen LogP) is 3.29. The molecule has 0 spiro atoms. The molecule has 3 rings (SSSR count). The second kappa shape index (κ2) is 5.09. The summed E-state index contributed by atoms with van der Waals surface area (Å²) in [4.78, 5) is 11.5. The zero-order valence-electron chi connectivity index (χ0n) is 12.1. The minimum Gasteiger partial charge on any atom is -0.485 e. The van der Waals surface area contributed by atoms with Gasteiger partial charge in [-0.25, -0.2) is 4.79 Å². The van der Waals surface area contributed by atoms with Gasteiger partial charge in [0.05, 0.1) is 5.69 Å². The second-order valence-corrected chi connectivity index (χ2v) is 5.04. The number of aryl methyl sites for hydroxylation is 3. The van der Waals surface area contributed by atoms with Crippen LogP contribution in [0.4, 0.5) is 0 Å². The van der Waals surface area contributed by atoms with E-state index in [1.807, 2.05) is 39.0 Å². The monoisotopic (exact) mass is 285 g/mol. The summed E-state index contributed by atoms with van der Waals surface area (Å²) in [5.41, 5.74) is 2.70. The first kappa shape index (κ1) is 13.4. The lowest BCUT2D eigenvalue weighted by atomic mass is 10.1. The Bertz CT molecular complexity index is 860. The molecule has 0 saturated carbocycles. The summed E-state index contributed by atoms with van der Waals surface area (Å²) in [5, 5.41) is 4.72. The molecule has 2 aromatic heterocycles. The van der Waals surface area contributed by atoms with Gasteiger partial charge in [0.15, 0.2) is 5.76 Å². The highest BCUT2D eigenvalue weighted by Crippen LogP contribution is 2.28. The van der Waals surface area contributed by atoms with Gasteiger partial charge < -0.3 is 13.7 Å². The summed E-state index contributed by atoms with van der Waals surface area (Å²) >= 11 is 0. The molecule has 0 aliphatic heterocycles. The fraction of sp³-hybridized carbons (Fsp3) is 0.250. The Morgan fingerprint density at radius 2 is 2.00 bits per heavy atom. The van der Waals surface area contributed by atoms with Crippen LogP contribution in [0.25, 0.3) is 11.0 Å². The van der Waals surface area contributed by atoms with Crippen molar-refractivity contribution < 1.29 is 13.7 Å². The number of fused-ring (bicyclic) bond motifs is 1. The van der Waals surface area contributed by atoms with Gasteiger partial charge in [0, 0.05) is 23.1 Å². The topological polar surface area (TPSA) is 65.5 Å². The Balaban J connectivity index is 1.96. The van der Waals surface area contributed by atoms with Gasteiger partial charge in [0.2, 0.25) is 0 Å². The van der Waals surface area contributed by atoms with Gasteiger partial charge in [-0.3, -0.25) is 0 Å². The standard InChI is InChI=1S/C16H15NO4/c1-9-6-15(18)20-16-11(3)14(5-4-13(9)16)19-8-12-7-10(2)17-21-12/h4-7H,8H2,1-3H3. The van der Waals surface area contributed by atoms with E-state index in [9.17, 15) is 4.79 Å². The van der Waals surface area contributed by atoms with Crippen molar-refractivity contribution in [2.45, 2.75) is 27.4 Å². The van der Waals surface area contributed by atoms with Gasteiger partial charge >= 0.3 is 5.63 Å². The molecule has 0 aliphatic carbocycles. The first-order valence-corrected chi connectivity index (χ1v) is 6.63. The van der Waals surface area contributed by atoms with E-state index >= 15 is 0 Å². The molecule has 2 heterocycles. The van der Waals surface area contributed by atoms with Crippen LogP contribution < -0.4 is 10.4 Å². The lowest BCUT2D eigenvalue weighted by Crippen LogP contribution is -2.01. The maximum Gasteiger partial charge on any atom is 0.336 e. The van der Waals surface area contributed by atoms with Crippen molar-refractivity contribution in [3.05, 3.63) is 57.3 Å². The molecule has 0 fully saturated rings. The number of hydrogen-bond donors (Lipinski definition) is 0. The molecule has 5 nitrogen and oxygen atoms in total. The van der Waals surface area contributed by atoms with E-state index in [-0.39, 0.29) is 12.2 Å². The summed E-state index contributed by atoms with van der Waals surface area (Å²) in [7, 11) is 0. The van der Waals surface area contributed by atoms with Crippen LogP contribution in [0.5, 0.6) is 5.75 Å². The van der Waals surface area contributed by atoms with Crippen LogP contribution in [-0.4, -0.2) is 5.16 Å². The molecule has 0 unspecified atom stereocenters. The van der Waals surface area contributed by atoms with Crippen molar-refractivity contribution in [1.29, 1.82) is 0 Å². The lowest BCUT2D eigenvalue weighted by Gasteiger charge is -2.10. The van der Waals surface area contributed by atoms with E-state index in [0.717, 1.165) is 22.2 Å². The molecule has 3 aromatic rings. The number of rotatable bonds is 3. The number of ether oxygens (including phenoxy) is 1. The molecular weight excluding hydrogens is 270 g/mol. The van der Waals surface area contributed by atoms with Crippen LogP contribution in [0.3, 0.4) is 0 Å². The van der Waals surface area contributed by atoms with Crippen LogP contribution in [-0.2, 0) is 6.61 Å². The van der Waals surface area contributed by atoms with Crippen LogP contribution in [0.15, 0.2) is 38.0 Å². The highest BCUT2D eigenvalue weighted by molar-refractivity contribution is 5.84. The third-order valence-corrected chi connectivity index (χ3v) is 3.36. The van der Waals surface area contributed by atoms with Crippen LogP contribution in [0, 0.1) is 20.8 Å². The average molecular weight is 285 g/mol. The Kier molecular flexibility index (Phi) is 3.25. The highest BCUT2D eigenvalue weighted by atomic mass is 16.5. The number of nitrogens with zero attached hydrogens (tertiary/aromatic N) is 1. The summed E-state index contributed by atoms with van der Waals surface area (Å²) in [5.74, 6) is 1.31. The van der Waals surface area contributed by atoms with Crippen LogP contribution >= 0.6 is 0 Å². The van der Waals surface area contributed by atoms with Crippen molar-refractivity contribution in [3.8, 4) is 5.75 Å².